The van der Waals surface area contributed by atoms with Gasteiger partial charge in [0.1, 0.15) is 17.3 Å². The molecule has 0 fully saturated rings. The minimum absolute atomic E-state index is 0.000893. The first-order chi connectivity index (χ1) is 15.0. The molecule has 4 rings (SSSR count). The van der Waals surface area contributed by atoms with Crippen LogP contribution in [0.2, 0.25) is 0 Å². The average molecular weight is 413 g/mol. The number of hydrogen-bond acceptors (Lipinski definition) is 4. The summed E-state index contributed by atoms with van der Waals surface area (Å²) >= 11 is 0. The van der Waals surface area contributed by atoms with Crippen LogP contribution in [-0.2, 0) is 4.79 Å². The van der Waals surface area contributed by atoms with Crippen LogP contribution >= 0.6 is 0 Å². The largest absolute Gasteiger partial charge is 0.282 e. The molecule has 3 aromatic rings. The topological polar surface area (TPSA) is 75.8 Å². The molecule has 1 amide bonds. The molecule has 0 radical (unpaired) electrons. The number of nitrogens with zero attached hydrogens (tertiary/aromatic N) is 3. The molecule has 6 nitrogen and oxygen atoms in total. The van der Waals surface area contributed by atoms with E-state index in [2.05, 4.69) is 4.99 Å². The molecule has 1 aliphatic rings. The van der Waals surface area contributed by atoms with Crippen LogP contribution in [0.3, 0.4) is 0 Å². The van der Waals surface area contributed by atoms with Crippen molar-refractivity contribution in [1.29, 1.82) is 0 Å². The number of non-ortho nitro benzene ring substituents is 1. The predicted octanol–water partition coefficient (Wildman–Crippen LogP) is 5.23. The van der Waals surface area contributed by atoms with E-state index in [9.17, 15) is 19.3 Å². The molecule has 7 heteroatoms. The first-order valence-electron chi connectivity index (χ1n) is 9.39. The summed E-state index contributed by atoms with van der Waals surface area (Å²) in [6.07, 6.45) is 5.01. The fourth-order valence-electron chi connectivity index (χ4n) is 3.07. The Balaban J connectivity index is 1.69. The van der Waals surface area contributed by atoms with Crippen LogP contribution in [0.4, 0.5) is 15.8 Å². The molecule has 3 aromatic carbocycles. The maximum atomic E-state index is 13.2. The molecular weight excluding hydrogens is 397 g/mol. The average Bonchev–Trinajstić information content (AvgIpc) is 3.09. The summed E-state index contributed by atoms with van der Waals surface area (Å²) in [4.78, 5) is 29.4. The van der Waals surface area contributed by atoms with Crippen molar-refractivity contribution in [3.8, 4) is 0 Å². The zero-order valence-corrected chi connectivity index (χ0v) is 16.2. The number of benzene rings is 3. The van der Waals surface area contributed by atoms with E-state index in [1.165, 1.54) is 29.2 Å². The van der Waals surface area contributed by atoms with Gasteiger partial charge < -0.3 is 0 Å². The monoisotopic (exact) mass is 413 g/mol. The molecule has 0 aromatic heterocycles. The second-order valence-electron chi connectivity index (χ2n) is 6.71. The lowest BCUT2D eigenvalue weighted by molar-refractivity contribution is -0.384. The Morgan fingerprint density at radius 2 is 1.52 bits per heavy atom. The summed E-state index contributed by atoms with van der Waals surface area (Å²) in [5.74, 6) is -0.261. The lowest BCUT2D eigenvalue weighted by Gasteiger charge is -2.16. The molecule has 0 N–H and O–H groups in total. The smallest absolute Gasteiger partial charge is 0.266 e. The quantitative estimate of drug-likeness (QED) is 0.326. The second-order valence-corrected chi connectivity index (χ2v) is 6.71. The highest BCUT2D eigenvalue weighted by atomic mass is 19.1. The molecule has 0 saturated heterocycles. The number of rotatable bonds is 5. The van der Waals surface area contributed by atoms with Gasteiger partial charge in [0.2, 0.25) is 0 Å². The molecule has 0 saturated carbocycles. The van der Waals surface area contributed by atoms with E-state index in [1.807, 2.05) is 18.2 Å². The van der Waals surface area contributed by atoms with Crippen LogP contribution in [0.5, 0.6) is 0 Å². The SMILES string of the molecule is O=C1/C(=C/c2ccc(F)cc2)N=C(/C=C/c2ccc([N+](=O)[O-])cc2)N1c1ccccc1. The fourth-order valence-corrected chi connectivity index (χ4v) is 3.07. The predicted molar refractivity (Wildman–Crippen MR) is 118 cm³/mol. The highest BCUT2D eigenvalue weighted by Gasteiger charge is 2.30. The van der Waals surface area contributed by atoms with Crippen molar-refractivity contribution >= 4 is 35.3 Å². The van der Waals surface area contributed by atoms with Crippen molar-refractivity contribution in [3.63, 3.8) is 0 Å². The van der Waals surface area contributed by atoms with E-state index in [0.717, 1.165) is 5.56 Å². The van der Waals surface area contributed by atoms with Gasteiger partial charge in [-0.2, -0.15) is 0 Å². The van der Waals surface area contributed by atoms with Gasteiger partial charge in [-0.15, -0.1) is 0 Å². The van der Waals surface area contributed by atoms with Crippen LogP contribution in [0.15, 0.2) is 95.6 Å². The van der Waals surface area contributed by atoms with Gasteiger partial charge in [0, 0.05) is 12.1 Å². The highest BCUT2D eigenvalue weighted by Crippen LogP contribution is 2.26. The molecule has 0 aliphatic carbocycles. The molecule has 1 heterocycles. The van der Waals surface area contributed by atoms with Gasteiger partial charge in [0.25, 0.3) is 11.6 Å². The van der Waals surface area contributed by atoms with E-state index in [4.69, 9.17) is 0 Å². The van der Waals surface area contributed by atoms with Gasteiger partial charge in [-0.3, -0.25) is 19.8 Å². The van der Waals surface area contributed by atoms with Gasteiger partial charge in [0.05, 0.1) is 10.6 Å². The fraction of sp³-hybridized carbons (Fsp3) is 0. The molecule has 0 atom stereocenters. The van der Waals surface area contributed by atoms with Crippen LogP contribution in [0.25, 0.3) is 12.2 Å². The summed E-state index contributed by atoms with van der Waals surface area (Å²) in [6, 6.07) is 20.9. The summed E-state index contributed by atoms with van der Waals surface area (Å²) in [7, 11) is 0. The molecular formula is C24H16FN3O3. The Labute approximate surface area is 177 Å². The number of nitro benzene ring substituents is 1. The number of nitro groups is 1. The third-order valence-corrected chi connectivity index (χ3v) is 4.60. The Morgan fingerprint density at radius 1 is 0.871 bits per heavy atom. The van der Waals surface area contributed by atoms with Crippen molar-refractivity contribution < 1.29 is 14.1 Å². The maximum Gasteiger partial charge on any atom is 0.282 e. The molecule has 1 aliphatic heterocycles. The number of carbonyl (C=O) groups is 1. The summed E-state index contributed by atoms with van der Waals surface area (Å²) in [5.41, 5.74) is 2.26. The zero-order valence-electron chi connectivity index (χ0n) is 16.2. The van der Waals surface area contributed by atoms with Gasteiger partial charge in [-0.05, 0) is 59.7 Å². The van der Waals surface area contributed by atoms with Crippen LogP contribution < -0.4 is 4.90 Å². The molecule has 31 heavy (non-hydrogen) atoms. The highest BCUT2D eigenvalue weighted by molar-refractivity contribution is 6.32. The van der Waals surface area contributed by atoms with Crippen molar-refractivity contribution in [3.05, 3.63) is 118 Å². The van der Waals surface area contributed by atoms with Gasteiger partial charge in [-0.1, -0.05) is 36.4 Å². The standard InChI is InChI=1S/C24H16FN3O3/c25-19-11-6-18(7-12-19)16-22-24(29)27(20-4-2-1-3-5-20)23(26-22)15-10-17-8-13-21(14-9-17)28(30)31/h1-16H/b15-10+,22-16-. The first-order valence-corrected chi connectivity index (χ1v) is 9.39. The number of anilines is 1. The molecule has 152 valence electrons. The number of para-hydroxylation sites is 1. The van der Waals surface area contributed by atoms with Crippen LogP contribution in [-0.4, -0.2) is 16.7 Å². The normalized spacial score (nSPS) is 15.0. The maximum absolute atomic E-state index is 13.2. The Bertz CT molecular complexity index is 1220. The van der Waals surface area contributed by atoms with Crippen LogP contribution in [0, 0.1) is 15.9 Å². The van der Waals surface area contributed by atoms with Crippen LogP contribution in [0.1, 0.15) is 11.1 Å². The van der Waals surface area contributed by atoms with E-state index in [0.29, 0.717) is 17.1 Å². The number of carbonyl (C=O) groups excluding carboxylic acids is 1. The summed E-state index contributed by atoms with van der Waals surface area (Å²) in [5, 5.41) is 10.8. The van der Waals surface area contributed by atoms with E-state index in [-0.39, 0.29) is 23.1 Å². The van der Waals surface area contributed by atoms with Gasteiger partial charge in [0.15, 0.2) is 0 Å². The minimum atomic E-state index is -0.461. The number of aliphatic imine (C=N–C) groups is 1. The molecule has 0 unspecified atom stereocenters. The number of amides is 1. The van der Waals surface area contributed by atoms with Gasteiger partial charge >= 0.3 is 0 Å². The van der Waals surface area contributed by atoms with E-state index >= 15 is 0 Å². The second kappa shape index (κ2) is 8.54. The van der Waals surface area contributed by atoms with Crippen molar-refractivity contribution in [2.45, 2.75) is 0 Å². The Morgan fingerprint density at radius 3 is 2.16 bits per heavy atom. The Kier molecular flexibility index (Phi) is 5.49. The first kappa shape index (κ1) is 19.9. The lowest BCUT2D eigenvalue weighted by Crippen LogP contribution is -2.30. The zero-order chi connectivity index (χ0) is 21.8. The third kappa shape index (κ3) is 4.45. The van der Waals surface area contributed by atoms with Crippen molar-refractivity contribution in [2.24, 2.45) is 4.99 Å². The number of halogens is 1. The van der Waals surface area contributed by atoms with Gasteiger partial charge in [-0.25, -0.2) is 9.38 Å². The Hall–Kier alpha value is -4.39. The van der Waals surface area contributed by atoms with Crippen molar-refractivity contribution in [1.82, 2.24) is 0 Å². The van der Waals surface area contributed by atoms with E-state index < -0.39 is 4.92 Å². The minimum Gasteiger partial charge on any atom is -0.266 e. The lowest BCUT2D eigenvalue weighted by atomic mass is 10.2. The third-order valence-electron chi connectivity index (χ3n) is 4.60. The van der Waals surface area contributed by atoms with Crippen molar-refractivity contribution in [2.75, 3.05) is 4.90 Å². The number of hydrogen-bond donors (Lipinski definition) is 0. The summed E-state index contributed by atoms with van der Waals surface area (Å²) < 4.78 is 13.2. The molecule has 0 bridgehead atoms. The summed E-state index contributed by atoms with van der Waals surface area (Å²) in [6.45, 7) is 0. The number of amidine groups is 1. The van der Waals surface area contributed by atoms with E-state index in [1.54, 1.807) is 54.6 Å². The molecule has 0 spiro atoms.